The highest BCUT2D eigenvalue weighted by Crippen LogP contribution is 2.28. The molecule has 0 spiro atoms. The molecule has 0 bridgehead atoms. The van der Waals surface area contributed by atoms with E-state index in [0.717, 1.165) is 25.1 Å². The third kappa shape index (κ3) is 3.87. The Balaban J connectivity index is 2.03. The number of H-pyrrole nitrogens is 1. The van der Waals surface area contributed by atoms with E-state index in [1.54, 1.807) is 16.6 Å². The maximum Gasteiger partial charge on any atom is 0.244 e. The van der Waals surface area contributed by atoms with Gasteiger partial charge in [0.1, 0.15) is 0 Å². The normalized spacial score (nSPS) is 20.5. The van der Waals surface area contributed by atoms with Crippen molar-refractivity contribution < 1.29 is 8.42 Å². The maximum atomic E-state index is 12.6. The average Bonchev–Trinajstić information content (AvgIpc) is 3.08. The molecule has 2 heterocycles. The number of rotatable bonds is 7. The summed E-state index contributed by atoms with van der Waals surface area (Å²) in [6, 6.07) is 1.75. The summed E-state index contributed by atoms with van der Waals surface area (Å²) in [5.41, 5.74) is 0.918. The van der Waals surface area contributed by atoms with Crippen LogP contribution in [0.3, 0.4) is 0 Å². The van der Waals surface area contributed by atoms with Crippen LogP contribution in [0.4, 0.5) is 0 Å². The van der Waals surface area contributed by atoms with E-state index in [9.17, 15) is 8.42 Å². The van der Waals surface area contributed by atoms with E-state index in [1.165, 1.54) is 0 Å². The second-order valence-electron chi connectivity index (χ2n) is 6.19. The summed E-state index contributed by atoms with van der Waals surface area (Å²) in [5, 5.41) is 3.27. The van der Waals surface area contributed by atoms with E-state index in [1.807, 2.05) is 0 Å². The first-order valence-electron chi connectivity index (χ1n) is 7.83. The molecule has 1 aliphatic heterocycles. The molecular formula is C15H27N3O2S. The zero-order valence-corrected chi connectivity index (χ0v) is 14.0. The molecule has 120 valence electrons. The summed E-state index contributed by atoms with van der Waals surface area (Å²) < 4.78 is 26.9. The standard InChI is InChI=1S/C15H27N3O2S/c1-4-6-16-9-14-8-15(10-17-14)21(19,20)18-7-5-13(11-18)12(2)3/h8,10,12-13,16-17H,4-7,9,11H2,1-3H3. The molecule has 1 fully saturated rings. The third-order valence-corrected chi connectivity index (χ3v) is 6.07. The Labute approximate surface area is 128 Å². The van der Waals surface area contributed by atoms with E-state index >= 15 is 0 Å². The van der Waals surface area contributed by atoms with Crippen LogP contribution >= 0.6 is 0 Å². The van der Waals surface area contributed by atoms with Gasteiger partial charge in [0, 0.05) is 31.5 Å². The number of nitrogens with one attached hydrogen (secondary N) is 2. The summed E-state index contributed by atoms with van der Waals surface area (Å²) in [6.45, 7) is 9.33. The van der Waals surface area contributed by atoms with Crippen molar-refractivity contribution >= 4 is 10.0 Å². The van der Waals surface area contributed by atoms with Gasteiger partial charge in [0.05, 0.1) is 4.90 Å². The average molecular weight is 313 g/mol. The van der Waals surface area contributed by atoms with Gasteiger partial charge in [-0.1, -0.05) is 20.8 Å². The second kappa shape index (κ2) is 6.94. The van der Waals surface area contributed by atoms with Crippen molar-refractivity contribution in [3.05, 3.63) is 18.0 Å². The van der Waals surface area contributed by atoms with Gasteiger partial charge < -0.3 is 10.3 Å². The topological polar surface area (TPSA) is 65.2 Å². The van der Waals surface area contributed by atoms with Crippen LogP contribution in [0.5, 0.6) is 0 Å². The van der Waals surface area contributed by atoms with Gasteiger partial charge in [-0.2, -0.15) is 4.31 Å². The first kappa shape index (κ1) is 16.5. The summed E-state index contributed by atoms with van der Waals surface area (Å²) in [4.78, 5) is 3.45. The van der Waals surface area contributed by atoms with Crippen molar-refractivity contribution in [2.24, 2.45) is 11.8 Å². The number of nitrogens with zero attached hydrogens (tertiary/aromatic N) is 1. The predicted octanol–water partition coefficient (Wildman–Crippen LogP) is 2.18. The SMILES string of the molecule is CCCNCc1cc(S(=O)(=O)N2CCC(C(C)C)C2)c[nH]1. The zero-order chi connectivity index (χ0) is 15.5. The molecule has 0 amide bonds. The molecule has 0 aromatic carbocycles. The quantitative estimate of drug-likeness (QED) is 0.758. The van der Waals surface area contributed by atoms with E-state index in [-0.39, 0.29) is 0 Å². The fourth-order valence-electron chi connectivity index (χ4n) is 2.74. The Kier molecular flexibility index (Phi) is 5.46. The lowest BCUT2D eigenvalue weighted by atomic mass is 9.96. The summed E-state index contributed by atoms with van der Waals surface area (Å²) in [5.74, 6) is 1.01. The van der Waals surface area contributed by atoms with Gasteiger partial charge in [0.2, 0.25) is 10.0 Å². The van der Waals surface area contributed by atoms with Crippen LogP contribution in [-0.4, -0.2) is 37.3 Å². The van der Waals surface area contributed by atoms with E-state index in [0.29, 0.717) is 36.4 Å². The molecule has 21 heavy (non-hydrogen) atoms. The van der Waals surface area contributed by atoms with Gasteiger partial charge in [-0.15, -0.1) is 0 Å². The molecule has 0 radical (unpaired) electrons. The van der Waals surface area contributed by atoms with Crippen molar-refractivity contribution in [2.75, 3.05) is 19.6 Å². The second-order valence-corrected chi connectivity index (χ2v) is 8.13. The van der Waals surface area contributed by atoms with Crippen LogP contribution < -0.4 is 5.32 Å². The number of hydrogen-bond acceptors (Lipinski definition) is 3. The Morgan fingerprint density at radius 3 is 2.86 bits per heavy atom. The van der Waals surface area contributed by atoms with Gasteiger partial charge in [-0.3, -0.25) is 0 Å². The molecule has 6 heteroatoms. The molecule has 0 saturated carbocycles. The Hall–Kier alpha value is -0.850. The number of hydrogen-bond donors (Lipinski definition) is 2. The van der Waals surface area contributed by atoms with Gasteiger partial charge in [-0.05, 0) is 37.3 Å². The highest BCUT2D eigenvalue weighted by Gasteiger charge is 2.34. The minimum Gasteiger partial charge on any atom is -0.363 e. The van der Waals surface area contributed by atoms with Crippen LogP contribution in [0, 0.1) is 11.8 Å². The Bertz CT molecular complexity index is 551. The maximum absolute atomic E-state index is 12.6. The number of sulfonamides is 1. The first-order valence-corrected chi connectivity index (χ1v) is 9.27. The molecule has 2 N–H and O–H groups in total. The largest absolute Gasteiger partial charge is 0.363 e. The summed E-state index contributed by atoms with van der Waals surface area (Å²) >= 11 is 0. The van der Waals surface area contributed by atoms with Gasteiger partial charge in [0.25, 0.3) is 0 Å². The van der Waals surface area contributed by atoms with Crippen molar-refractivity contribution in [2.45, 2.75) is 45.1 Å². The number of aromatic amines is 1. The highest BCUT2D eigenvalue weighted by atomic mass is 32.2. The molecule has 1 atom stereocenters. The molecular weight excluding hydrogens is 286 g/mol. The molecule has 5 nitrogen and oxygen atoms in total. The Morgan fingerprint density at radius 2 is 2.24 bits per heavy atom. The van der Waals surface area contributed by atoms with Crippen molar-refractivity contribution in [3.8, 4) is 0 Å². The minimum atomic E-state index is -3.34. The Morgan fingerprint density at radius 1 is 1.48 bits per heavy atom. The first-order chi connectivity index (χ1) is 9.95. The molecule has 1 unspecified atom stereocenters. The lowest BCUT2D eigenvalue weighted by molar-refractivity contribution is 0.388. The molecule has 1 saturated heterocycles. The molecule has 1 aromatic heterocycles. The van der Waals surface area contributed by atoms with E-state index in [2.05, 4.69) is 31.1 Å². The van der Waals surface area contributed by atoms with Crippen LogP contribution in [-0.2, 0) is 16.6 Å². The van der Waals surface area contributed by atoms with Crippen LogP contribution in [0.15, 0.2) is 17.2 Å². The van der Waals surface area contributed by atoms with Crippen LogP contribution in [0.2, 0.25) is 0 Å². The third-order valence-electron chi connectivity index (χ3n) is 4.23. The minimum absolute atomic E-state index is 0.389. The number of aromatic nitrogens is 1. The van der Waals surface area contributed by atoms with E-state index < -0.39 is 10.0 Å². The predicted molar refractivity (Wildman–Crippen MR) is 84.5 cm³/mol. The molecule has 1 aliphatic rings. The summed E-state index contributed by atoms with van der Waals surface area (Å²) in [7, 11) is -3.34. The zero-order valence-electron chi connectivity index (χ0n) is 13.2. The fraction of sp³-hybridized carbons (Fsp3) is 0.733. The van der Waals surface area contributed by atoms with Crippen molar-refractivity contribution in [3.63, 3.8) is 0 Å². The molecule has 2 rings (SSSR count). The lowest BCUT2D eigenvalue weighted by Gasteiger charge is -2.17. The van der Waals surface area contributed by atoms with Gasteiger partial charge >= 0.3 is 0 Å². The fourth-order valence-corrected chi connectivity index (χ4v) is 4.27. The van der Waals surface area contributed by atoms with Crippen molar-refractivity contribution in [1.82, 2.24) is 14.6 Å². The van der Waals surface area contributed by atoms with Crippen LogP contribution in [0.25, 0.3) is 0 Å². The van der Waals surface area contributed by atoms with E-state index in [4.69, 9.17) is 0 Å². The monoisotopic (exact) mass is 313 g/mol. The summed E-state index contributed by atoms with van der Waals surface area (Å²) in [6.07, 6.45) is 3.64. The highest BCUT2D eigenvalue weighted by molar-refractivity contribution is 7.89. The molecule has 0 aliphatic carbocycles. The van der Waals surface area contributed by atoms with Crippen molar-refractivity contribution in [1.29, 1.82) is 0 Å². The smallest absolute Gasteiger partial charge is 0.244 e. The van der Waals surface area contributed by atoms with Crippen LogP contribution in [0.1, 0.15) is 39.3 Å². The molecule has 1 aromatic rings. The lowest BCUT2D eigenvalue weighted by Crippen LogP contribution is -2.29. The van der Waals surface area contributed by atoms with Gasteiger partial charge in [-0.25, -0.2) is 8.42 Å². The van der Waals surface area contributed by atoms with Gasteiger partial charge in [0.15, 0.2) is 0 Å².